The van der Waals surface area contributed by atoms with E-state index in [9.17, 15) is 4.79 Å². The maximum Gasteiger partial charge on any atom is 0.254 e. The quantitative estimate of drug-likeness (QED) is 0.707. The number of benzene rings is 2. The van der Waals surface area contributed by atoms with E-state index in [1.165, 1.54) is 6.33 Å². The Balaban J connectivity index is 1.80. The van der Waals surface area contributed by atoms with E-state index < -0.39 is 0 Å². The van der Waals surface area contributed by atoms with Crippen LogP contribution in [-0.2, 0) is 0 Å². The molecule has 1 atom stereocenters. The summed E-state index contributed by atoms with van der Waals surface area (Å²) in [5, 5.41) is 11.2. The van der Waals surface area contributed by atoms with Gasteiger partial charge in [0, 0.05) is 12.6 Å². The SMILES string of the molecule is COc1ccc(C(C)N(C)C(=O)c2ccc(-n3cnnn3)c(C)c2)cc1. The number of nitrogens with zero attached hydrogens (tertiary/aromatic N) is 5. The first-order valence-electron chi connectivity index (χ1n) is 8.26. The lowest BCUT2D eigenvalue weighted by Crippen LogP contribution is -2.29. The summed E-state index contributed by atoms with van der Waals surface area (Å²) in [4.78, 5) is 14.6. The first-order chi connectivity index (χ1) is 12.5. The molecule has 0 spiro atoms. The highest BCUT2D eigenvalue weighted by molar-refractivity contribution is 5.94. The summed E-state index contributed by atoms with van der Waals surface area (Å²) in [5.74, 6) is 0.753. The highest BCUT2D eigenvalue weighted by Crippen LogP contribution is 2.24. The number of ether oxygens (including phenoxy) is 1. The van der Waals surface area contributed by atoms with Gasteiger partial charge in [0.25, 0.3) is 5.91 Å². The van der Waals surface area contributed by atoms with E-state index in [0.29, 0.717) is 5.56 Å². The molecule has 0 aliphatic carbocycles. The van der Waals surface area contributed by atoms with Crippen LogP contribution in [0.1, 0.15) is 34.5 Å². The highest BCUT2D eigenvalue weighted by atomic mass is 16.5. The first kappa shape index (κ1) is 17.6. The molecular formula is C19H21N5O2. The average molecular weight is 351 g/mol. The summed E-state index contributed by atoms with van der Waals surface area (Å²) < 4.78 is 6.76. The molecule has 0 radical (unpaired) electrons. The maximum atomic E-state index is 12.9. The van der Waals surface area contributed by atoms with Crippen LogP contribution in [0.15, 0.2) is 48.8 Å². The fraction of sp³-hybridized carbons (Fsp3) is 0.263. The third-order valence-corrected chi connectivity index (χ3v) is 4.54. The largest absolute Gasteiger partial charge is 0.497 e. The Kier molecular flexibility index (Phi) is 4.97. The molecule has 134 valence electrons. The van der Waals surface area contributed by atoms with E-state index >= 15 is 0 Å². The molecule has 3 rings (SSSR count). The number of aryl methyl sites for hydroxylation is 1. The van der Waals surface area contributed by atoms with Crippen molar-refractivity contribution in [2.75, 3.05) is 14.2 Å². The number of hydrogen-bond donors (Lipinski definition) is 0. The lowest BCUT2D eigenvalue weighted by molar-refractivity contribution is 0.0742. The molecule has 7 nitrogen and oxygen atoms in total. The van der Waals surface area contributed by atoms with Gasteiger partial charge in [0.1, 0.15) is 12.1 Å². The van der Waals surface area contributed by atoms with Crippen molar-refractivity contribution in [2.24, 2.45) is 0 Å². The number of rotatable bonds is 5. The normalized spacial score (nSPS) is 11.8. The summed E-state index contributed by atoms with van der Waals surface area (Å²) in [5.41, 5.74) is 3.44. The van der Waals surface area contributed by atoms with Crippen LogP contribution in [0.2, 0.25) is 0 Å². The number of amides is 1. The van der Waals surface area contributed by atoms with Crippen molar-refractivity contribution in [1.82, 2.24) is 25.1 Å². The molecule has 1 heterocycles. The minimum Gasteiger partial charge on any atom is -0.497 e. The first-order valence-corrected chi connectivity index (χ1v) is 8.26. The molecule has 0 saturated heterocycles. The second-order valence-corrected chi connectivity index (χ2v) is 6.12. The van der Waals surface area contributed by atoms with Gasteiger partial charge in [-0.15, -0.1) is 5.10 Å². The summed E-state index contributed by atoms with van der Waals surface area (Å²) in [6.07, 6.45) is 1.53. The van der Waals surface area contributed by atoms with Crippen molar-refractivity contribution in [3.05, 3.63) is 65.5 Å². The number of hydrogen-bond acceptors (Lipinski definition) is 5. The fourth-order valence-corrected chi connectivity index (χ4v) is 2.80. The summed E-state index contributed by atoms with van der Waals surface area (Å²) >= 11 is 0. The Morgan fingerprint density at radius 2 is 1.92 bits per heavy atom. The number of tetrazole rings is 1. The molecule has 2 aromatic carbocycles. The molecule has 26 heavy (non-hydrogen) atoms. The molecule has 0 fully saturated rings. The third-order valence-electron chi connectivity index (χ3n) is 4.54. The molecule has 1 amide bonds. The van der Waals surface area contributed by atoms with E-state index in [4.69, 9.17) is 4.74 Å². The van der Waals surface area contributed by atoms with Gasteiger partial charge in [-0.05, 0) is 65.7 Å². The van der Waals surface area contributed by atoms with Crippen molar-refractivity contribution >= 4 is 5.91 Å². The zero-order valence-electron chi connectivity index (χ0n) is 15.2. The number of carbonyl (C=O) groups excluding carboxylic acids is 1. The monoisotopic (exact) mass is 351 g/mol. The lowest BCUT2D eigenvalue weighted by atomic mass is 10.0. The van der Waals surface area contributed by atoms with Crippen molar-refractivity contribution in [2.45, 2.75) is 19.9 Å². The topological polar surface area (TPSA) is 73.1 Å². The Bertz CT molecular complexity index is 891. The molecule has 0 aliphatic rings. The predicted molar refractivity (Wildman–Crippen MR) is 97.4 cm³/mol. The standard InChI is InChI=1S/C19H21N5O2/c1-13-11-16(7-10-18(13)24-12-20-21-22-24)19(25)23(3)14(2)15-5-8-17(26-4)9-6-15/h5-12,14H,1-4H3. The molecule has 0 aliphatic heterocycles. The Labute approximate surface area is 152 Å². The molecule has 3 aromatic rings. The molecule has 0 saturated carbocycles. The van der Waals surface area contributed by atoms with Gasteiger partial charge < -0.3 is 9.64 Å². The molecule has 1 unspecified atom stereocenters. The molecule has 0 N–H and O–H groups in total. The van der Waals surface area contributed by atoms with E-state index in [-0.39, 0.29) is 11.9 Å². The van der Waals surface area contributed by atoms with Gasteiger partial charge in [-0.2, -0.15) is 0 Å². The van der Waals surface area contributed by atoms with Gasteiger partial charge in [0.2, 0.25) is 0 Å². The van der Waals surface area contributed by atoms with E-state index in [1.807, 2.05) is 57.3 Å². The van der Waals surface area contributed by atoms with Gasteiger partial charge in [-0.1, -0.05) is 12.1 Å². The smallest absolute Gasteiger partial charge is 0.254 e. The second kappa shape index (κ2) is 7.35. The Morgan fingerprint density at radius 1 is 1.19 bits per heavy atom. The van der Waals surface area contributed by atoms with Gasteiger partial charge in [0.05, 0.1) is 18.8 Å². The minimum atomic E-state index is -0.0621. The lowest BCUT2D eigenvalue weighted by Gasteiger charge is -2.26. The second-order valence-electron chi connectivity index (χ2n) is 6.12. The number of aromatic nitrogens is 4. The highest BCUT2D eigenvalue weighted by Gasteiger charge is 2.20. The minimum absolute atomic E-state index is 0.0420. The van der Waals surface area contributed by atoms with Crippen LogP contribution in [0.4, 0.5) is 0 Å². The predicted octanol–water partition coefficient (Wildman–Crippen LogP) is 2.81. The maximum absolute atomic E-state index is 12.9. The van der Waals surface area contributed by atoms with Crippen LogP contribution in [0.5, 0.6) is 5.75 Å². The van der Waals surface area contributed by atoms with Crippen LogP contribution in [0.3, 0.4) is 0 Å². The molecule has 7 heteroatoms. The van der Waals surface area contributed by atoms with Crippen LogP contribution in [0.25, 0.3) is 5.69 Å². The summed E-state index contributed by atoms with van der Waals surface area (Å²) in [7, 11) is 3.44. The summed E-state index contributed by atoms with van der Waals surface area (Å²) in [6.45, 7) is 3.93. The van der Waals surface area contributed by atoms with E-state index in [0.717, 1.165) is 22.6 Å². The van der Waals surface area contributed by atoms with Crippen molar-refractivity contribution in [1.29, 1.82) is 0 Å². The van der Waals surface area contributed by atoms with Crippen LogP contribution in [0, 0.1) is 6.92 Å². The van der Waals surface area contributed by atoms with Crippen LogP contribution in [-0.4, -0.2) is 45.2 Å². The number of methoxy groups -OCH3 is 1. The van der Waals surface area contributed by atoms with Gasteiger partial charge in [0.15, 0.2) is 0 Å². The van der Waals surface area contributed by atoms with Crippen molar-refractivity contribution < 1.29 is 9.53 Å². The van der Waals surface area contributed by atoms with Crippen molar-refractivity contribution in [3.63, 3.8) is 0 Å². The van der Waals surface area contributed by atoms with Gasteiger partial charge in [-0.25, -0.2) is 4.68 Å². The molecular weight excluding hydrogens is 330 g/mol. The molecule has 0 bridgehead atoms. The zero-order valence-corrected chi connectivity index (χ0v) is 15.2. The van der Waals surface area contributed by atoms with Crippen molar-refractivity contribution in [3.8, 4) is 11.4 Å². The average Bonchev–Trinajstić information content (AvgIpc) is 3.20. The summed E-state index contributed by atoms with van der Waals surface area (Å²) in [6, 6.07) is 13.2. The number of carbonyl (C=O) groups is 1. The Hall–Kier alpha value is -3.22. The van der Waals surface area contributed by atoms with Gasteiger partial charge in [-0.3, -0.25) is 4.79 Å². The van der Waals surface area contributed by atoms with E-state index in [2.05, 4.69) is 15.5 Å². The molecule has 1 aromatic heterocycles. The van der Waals surface area contributed by atoms with E-state index in [1.54, 1.807) is 22.8 Å². The van der Waals surface area contributed by atoms with Crippen LogP contribution < -0.4 is 4.74 Å². The Morgan fingerprint density at radius 3 is 2.50 bits per heavy atom. The zero-order chi connectivity index (χ0) is 18.7. The third kappa shape index (κ3) is 3.42. The van der Waals surface area contributed by atoms with Crippen LogP contribution >= 0.6 is 0 Å². The fourth-order valence-electron chi connectivity index (χ4n) is 2.80. The van der Waals surface area contributed by atoms with Gasteiger partial charge >= 0.3 is 0 Å².